The van der Waals surface area contributed by atoms with Crippen LogP contribution in [-0.4, -0.2) is 66.2 Å². The number of urea groups is 1. The number of rotatable bonds is 7. The molecule has 2 amide bonds. The number of hydrogen-bond donors (Lipinski definition) is 2. The van der Waals surface area contributed by atoms with Crippen molar-refractivity contribution in [2.24, 2.45) is 5.92 Å². The van der Waals surface area contributed by atoms with E-state index in [-0.39, 0.29) is 18.5 Å². The SMILES string of the molecule is CN(CCN1CCCC1)C(=O)NC(CC(=O)O)C1CC1. The fraction of sp³-hybridized carbons (Fsp3) is 0.857. The summed E-state index contributed by atoms with van der Waals surface area (Å²) in [6, 6.07) is -0.364. The molecule has 114 valence electrons. The molecular weight excluding hydrogens is 258 g/mol. The largest absolute Gasteiger partial charge is 0.481 e. The molecule has 0 aromatic rings. The van der Waals surface area contributed by atoms with Crippen LogP contribution in [0, 0.1) is 5.92 Å². The van der Waals surface area contributed by atoms with E-state index in [1.165, 1.54) is 12.8 Å². The van der Waals surface area contributed by atoms with Gasteiger partial charge in [-0.05, 0) is 44.7 Å². The summed E-state index contributed by atoms with van der Waals surface area (Å²) in [6.45, 7) is 3.84. The first-order valence-electron chi connectivity index (χ1n) is 7.52. The van der Waals surface area contributed by atoms with Crippen molar-refractivity contribution >= 4 is 12.0 Å². The highest BCUT2D eigenvalue weighted by Gasteiger charge is 2.34. The number of carboxylic acid groups (broad SMARTS) is 1. The van der Waals surface area contributed by atoms with Crippen LogP contribution in [0.4, 0.5) is 4.79 Å². The lowest BCUT2D eigenvalue weighted by atomic mass is 10.1. The van der Waals surface area contributed by atoms with Crippen molar-refractivity contribution in [3.8, 4) is 0 Å². The highest BCUT2D eigenvalue weighted by atomic mass is 16.4. The lowest BCUT2D eigenvalue weighted by Crippen LogP contribution is -2.46. The molecule has 2 rings (SSSR count). The Morgan fingerprint density at radius 3 is 2.55 bits per heavy atom. The van der Waals surface area contributed by atoms with Gasteiger partial charge in [0.05, 0.1) is 6.42 Å². The van der Waals surface area contributed by atoms with Crippen molar-refractivity contribution in [3.63, 3.8) is 0 Å². The van der Waals surface area contributed by atoms with Crippen LogP contribution in [0.2, 0.25) is 0 Å². The number of aliphatic carboxylic acids is 1. The fourth-order valence-corrected chi connectivity index (χ4v) is 2.69. The highest BCUT2D eigenvalue weighted by molar-refractivity contribution is 5.75. The number of nitrogens with one attached hydrogen (secondary N) is 1. The fourth-order valence-electron chi connectivity index (χ4n) is 2.69. The first kappa shape index (κ1) is 15.1. The maximum absolute atomic E-state index is 12.1. The third-order valence-electron chi connectivity index (χ3n) is 4.19. The first-order valence-corrected chi connectivity index (χ1v) is 7.52. The number of likely N-dealkylation sites (N-methyl/N-ethyl adjacent to an activating group) is 1. The third kappa shape index (κ3) is 4.67. The van der Waals surface area contributed by atoms with E-state index in [0.29, 0.717) is 12.5 Å². The molecule has 20 heavy (non-hydrogen) atoms. The number of likely N-dealkylation sites (tertiary alicyclic amines) is 1. The molecule has 1 saturated heterocycles. The van der Waals surface area contributed by atoms with Gasteiger partial charge in [0.2, 0.25) is 0 Å². The molecule has 2 aliphatic rings. The molecule has 6 heteroatoms. The topological polar surface area (TPSA) is 72.9 Å². The molecular formula is C14H25N3O3. The minimum Gasteiger partial charge on any atom is -0.481 e. The summed E-state index contributed by atoms with van der Waals surface area (Å²) in [7, 11) is 1.77. The first-order chi connectivity index (χ1) is 9.56. The highest BCUT2D eigenvalue weighted by Crippen LogP contribution is 2.34. The van der Waals surface area contributed by atoms with E-state index in [1.54, 1.807) is 11.9 Å². The van der Waals surface area contributed by atoms with Gasteiger partial charge in [-0.1, -0.05) is 0 Å². The van der Waals surface area contributed by atoms with Crippen molar-refractivity contribution < 1.29 is 14.7 Å². The van der Waals surface area contributed by atoms with Crippen LogP contribution in [0.3, 0.4) is 0 Å². The van der Waals surface area contributed by atoms with Gasteiger partial charge in [-0.15, -0.1) is 0 Å². The molecule has 0 aromatic heterocycles. The average molecular weight is 283 g/mol. The van der Waals surface area contributed by atoms with Crippen LogP contribution in [-0.2, 0) is 4.79 Å². The maximum Gasteiger partial charge on any atom is 0.317 e. The Labute approximate surface area is 120 Å². The van der Waals surface area contributed by atoms with Crippen molar-refractivity contribution in [3.05, 3.63) is 0 Å². The standard InChI is InChI=1S/C14H25N3O3/c1-16(8-9-17-6-2-3-7-17)14(20)15-12(10-13(18)19)11-4-5-11/h11-12H,2-10H2,1H3,(H,15,20)(H,18,19). The molecule has 6 nitrogen and oxygen atoms in total. The predicted octanol–water partition coefficient (Wildman–Crippen LogP) is 0.977. The van der Waals surface area contributed by atoms with Crippen LogP contribution < -0.4 is 5.32 Å². The second-order valence-electron chi connectivity index (χ2n) is 5.96. The number of carbonyl (C=O) groups is 2. The Kier molecular flexibility index (Phi) is 5.23. The van der Waals surface area contributed by atoms with Crippen LogP contribution in [0.25, 0.3) is 0 Å². The average Bonchev–Trinajstić information content (AvgIpc) is 3.11. The second kappa shape index (κ2) is 6.92. The quantitative estimate of drug-likeness (QED) is 0.730. The molecule has 0 radical (unpaired) electrons. The Balaban J connectivity index is 1.72. The van der Waals surface area contributed by atoms with Gasteiger partial charge < -0.3 is 20.2 Å². The van der Waals surface area contributed by atoms with E-state index in [1.807, 2.05) is 0 Å². The number of carbonyl (C=O) groups excluding carboxylic acids is 1. The van der Waals surface area contributed by atoms with E-state index in [2.05, 4.69) is 10.2 Å². The maximum atomic E-state index is 12.1. The van der Waals surface area contributed by atoms with Gasteiger partial charge in [-0.25, -0.2) is 4.79 Å². The summed E-state index contributed by atoms with van der Waals surface area (Å²) < 4.78 is 0. The molecule has 1 saturated carbocycles. The van der Waals surface area contributed by atoms with E-state index in [4.69, 9.17) is 5.11 Å². The van der Waals surface area contributed by atoms with Crippen LogP contribution >= 0.6 is 0 Å². The second-order valence-corrected chi connectivity index (χ2v) is 5.96. The molecule has 1 heterocycles. The normalized spacial score (nSPS) is 20.6. The van der Waals surface area contributed by atoms with E-state index >= 15 is 0 Å². The number of carboxylic acids is 1. The minimum atomic E-state index is -0.845. The van der Waals surface area contributed by atoms with E-state index < -0.39 is 5.97 Å². The molecule has 0 bridgehead atoms. The Morgan fingerprint density at radius 1 is 1.35 bits per heavy atom. The molecule has 1 aliphatic heterocycles. The molecule has 1 unspecified atom stereocenters. The smallest absolute Gasteiger partial charge is 0.317 e. The van der Waals surface area contributed by atoms with Gasteiger partial charge in [0.15, 0.2) is 0 Å². The summed E-state index contributed by atoms with van der Waals surface area (Å²) in [5, 5.41) is 11.8. The zero-order chi connectivity index (χ0) is 14.5. The van der Waals surface area contributed by atoms with E-state index in [0.717, 1.165) is 32.5 Å². The molecule has 2 N–H and O–H groups in total. The summed E-state index contributed by atoms with van der Waals surface area (Å²) >= 11 is 0. The van der Waals surface area contributed by atoms with Gasteiger partial charge in [0.1, 0.15) is 0 Å². The lowest BCUT2D eigenvalue weighted by molar-refractivity contribution is -0.137. The Morgan fingerprint density at radius 2 is 2.00 bits per heavy atom. The molecule has 2 fully saturated rings. The van der Waals surface area contributed by atoms with Crippen molar-refractivity contribution in [1.29, 1.82) is 0 Å². The van der Waals surface area contributed by atoms with Crippen LogP contribution in [0.1, 0.15) is 32.1 Å². The molecule has 1 aliphatic carbocycles. The molecule has 0 aromatic carbocycles. The number of nitrogens with zero attached hydrogens (tertiary/aromatic N) is 2. The van der Waals surface area contributed by atoms with E-state index in [9.17, 15) is 9.59 Å². The van der Waals surface area contributed by atoms with Crippen molar-refractivity contribution in [1.82, 2.24) is 15.1 Å². The Hall–Kier alpha value is -1.30. The monoisotopic (exact) mass is 283 g/mol. The van der Waals surface area contributed by atoms with Crippen molar-refractivity contribution in [2.45, 2.75) is 38.1 Å². The number of amides is 2. The van der Waals surface area contributed by atoms with Crippen LogP contribution in [0.5, 0.6) is 0 Å². The summed E-state index contributed by atoms with van der Waals surface area (Å²) in [5.74, 6) is -0.496. The van der Waals surface area contributed by atoms with Gasteiger partial charge in [-0.3, -0.25) is 4.79 Å². The summed E-state index contributed by atoms with van der Waals surface area (Å²) in [5.41, 5.74) is 0. The third-order valence-corrected chi connectivity index (χ3v) is 4.19. The summed E-state index contributed by atoms with van der Waals surface area (Å²) in [6.07, 6.45) is 4.57. The van der Waals surface area contributed by atoms with Gasteiger partial charge in [-0.2, -0.15) is 0 Å². The van der Waals surface area contributed by atoms with Gasteiger partial charge in [0, 0.05) is 26.2 Å². The van der Waals surface area contributed by atoms with Crippen molar-refractivity contribution in [2.75, 3.05) is 33.2 Å². The molecule has 0 spiro atoms. The minimum absolute atomic E-state index is 0.0242. The lowest BCUT2D eigenvalue weighted by Gasteiger charge is -2.24. The van der Waals surface area contributed by atoms with Gasteiger partial charge >= 0.3 is 12.0 Å². The number of hydrogen-bond acceptors (Lipinski definition) is 3. The zero-order valence-electron chi connectivity index (χ0n) is 12.2. The Bertz CT molecular complexity index is 352. The predicted molar refractivity (Wildman–Crippen MR) is 75.6 cm³/mol. The van der Waals surface area contributed by atoms with Gasteiger partial charge in [0.25, 0.3) is 0 Å². The zero-order valence-corrected chi connectivity index (χ0v) is 12.2. The molecule has 1 atom stereocenters. The summed E-state index contributed by atoms with van der Waals surface area (Å²) in [4.78, 5) is 26.9. The van der Waals surface area contributed by atoms with Crippen LogP contribution in [0.15, 0.2) is 0 Å².